The van der Waals surface area contributed by atoms with Crippen molar-refractivity contribution in [2.75, 3.05) is 10.8 Å². The first kappa shape index (κ1) is 21.2. The Balaban J connectivity index is 1.64. The molecule has 2 bridgehead atoms. The van der Waals surface area contributed by atoms with Crippen LogP contribution >= 0.6 is 11.6 Å². The van der Waals surface area contributed by atoms with Crippen LogP contribution in [0.3, 0.4) is 0 Å². The highest BCUT2D eigenvalue weighted by molar-refractivity contribution is 7.92. The minimum Gasteiger partial charge on any atom is -0.352 e. The van der Waals surface area contributed by atoms with Crippen LogP contribution in [0.4, 0.5) is 5.69 Å². The van der Waals surface area contributed by atoms with E-state index in [-0.39, 0.29) is 23.4 Å². The molecular formula is C23H27ClN2O3S. The number of hydrogen-bond acceptors (Lipinski definition) is 3. The second-order valence-corrected chi connectivity index (χ2v) is 10.9. The van der Waals surface area contributed by atoms with Crippen LogP contribution in [0.1, 0.15) is 36.8 Å². The number of sulfonamides is 1. The third-order valence-corrected chi connectivity index (χ3v) is 8.43. The van der Waals surface area contributed by atoms with Gasteiger partial charge in [0.2, 0.25) is 5.91 Å². The van der Waals surface area contributed by atoms with Crippen LogP contribution in [0.5, 0.6) is 0 Å². The molecule has 2 fully saturated rings. The van der Waals surface area contributed by atoms with Gasteiger partial charge in [0.05, 0.1) is 10.6 Å². The molecule has 0 radical (unpaired) electrons. The number of nitrogens with one attached hydrogen (secondary N) is 1. The third kappa shape index (κ3) is 4.21. The van der Waals surface area contributed by atoms with Crippen LogP contribution in [-0.4, -0.2) is 26.9 Å². The molecule has 2 saturated carbocycles. The Labute approximate surface area is 183 Å². The van der Waals surface area contributed by atoms with Crippen LogP contribution in [-0.2, 0) is 14.8 Å². The molecule has 160 valence electrons. The van der Waals surface area contributed by atoms with Gasteiger partial charge in [-0.1, -0.05) is 41.8 Å². The summed E-state index contributed by atoms with van der Waals surface area (Å²) in [4.78, 5) is 13.1. The summed E-state index contributed by atoms with van der Waals surface area (Å²) in [6.45, 7) is 3.44. The van der Waals surface area contributed by atoms with Crippen LogP contribution < -0.4 is 9.62 Å². The third-order valence-electron chi connectivity index (χ3n) is 6.42. The van der Waals surface area contributed by atoms with Gasteiger partial charge in [-0.15, -0.1) is 0 Å². The molecule has 0 aromatic heterocycles. The zero-order valence-corrected chi connectivity index (χ0v) is 18.8. The van der Waals surface area contributed by atoms with Crippen molar-refractivity contribution < 1.29 is 13.2 Å². The van der Waals surface area contributed by atoms with Gasteiger partial charge >= 0.3 is 0 Å². The smallest absolute Gasteiger partial charge is 0.264 e. The first-order valence-electron chi connectivity index (χ1n) is 10.4. The molecule has 2 aromatic rings. The van der Waals surface area contributed by atoms with Crippen molar-refractivity contribution in [1.29, 1.82) is 0 Å². The predicted octanol–water partition coefficient (Wildman–Crippen LogP) is 4.46. The molecular weight excluding hydrogens is 420 g/mol. The lowest BCUT2D eigenvalue weighted by atomic mass is 9.95. The SMILES string of the molecule is Cc1ccc(S(=O)(=O)N(CC(=O)N[C@@H]2C[C@H]3CC[C@@H]2C3)c2cc(Cl)ccc2C)cc1. The number of hydrogen-bond donors (Lipinski definition) is 1. The highest BCUT2D eigenvalue weighted by atomic mass is 35.5. The number of halogens is 1. The monoisotopic (exact) mass is 446 g/mol. The summed E-state index contributed by atoms with van der Waals surface area (Å²) < 4.78 is 28.2. The lowest BCUT2D eigenvalue weighted by Gasteiger charge is -2.28. The fraction of sp³-hybridized carbons (Fsp3) is 0.435. The van der Waals surface area contributed by atoms with Crippen molar-refractivity contribution in [2.45, 2.75) is 50.5 Å². The van der Waals surface area contributed by atoms with Crippen molar-refractivity contribution in [3.63, 3.8) is 0 Å². The number of rotatable bonds is 6. The van der Waals surface area contributed by atoms with E-state index in [9.17, 15) is 13.2 Å². The highest BCUT2D eigenvalue weighted by Crippen LogP contribution is 2.44. The molecule has 2 aliphatic rings. The Hall–Kier alpha value is -2.05. The number of carbonyl (C=O) groups excluding carboxylic acids is 1. The molecule has 4 rings (SSSR count). The molecule has 0 spiro atoms. The van der Waals surface area contributed by atoms with Gasteiger partial charge in [-0.2, -0.15) is 0 Å². The Morgan fingerprint density at radius 2 is 1.83 bits per heavy atom. The van der Waals surface area contributed by atoms with E-state index in [0.29, 0.717) is 22.5 Å². The molecule has 1 amide bonds. The van der Waals surface area contributed by atoms with Gasteiger partial charge in [0.25, 0.3) is 10.0 Å². The topological polar surface area (TPSA) is 66.5 Å². The van der Waals surface area contributed by atoms with Crippen molar-refractivity contribution in [3.8, 4) is 0 Å². The highest BCUT2D eigenvalue weighted by Gasteiger charge is 2.40. The summed E-state index contributed by atoms with van der Waals surface area (Å²) in [7, 11) is -3.94. The molecule has 2 aliphatic carbocycles. The van der Waals surface area contributed by atoms with E-state index in [1.165, 1.54) is 17.1 Å². The summed E-state index contributed by atoms with van der Waals surface area (Å²) in [5, 5.41) is 3.52. The van der Waals surface area contributed by atoms with Crippen molar-refractivity contribution in [1.82, 2.24) is 5.32 Å². The molecule has 0 heterocycles. The first-order chi connectivity index (χ1) is 14.2. The maximum absolute atomic E-state index is 13.5. The number of anilines is 1. The first-order valence-corrected chi connectivity index (χ1v) is 12.2. The van der Waals surface area contributed by atoms with Crippen molar-refractivity contribution in [3.05, 3.63) is 58.6 Å². The molecule has 0 aliphatic heterocycles. The van der Waals surface area contributed by atoms with Gasteiger partial charge < -0.3 is 5.32 Å². The number of aryl methyl sites for hydroxylation is 2. The summed E-state index contributed by atoms with van der Waals surface area (Å²) >= 11 is 6.17. The molecule has 5 nitrogen and oxygen atoms in total. The van der Waals surface area contributed by atoms with E-state index in [1.54, 1.807) is 42.5 Å². The van der Waals surface area contributed by atoms with Crippen LogP contribution in [0.25, 0.3) is 0 Å². The minimum absolute atomic E-state index is 0.153. The standard InChI is InChI=1S/C23H27ClN2O3S/c1-15-3-9-20(10-4-15)30(28,29)26(22-13-19(24)8-5-16(22)2)14-23(27)25-21-12-17-6-7-18(21)11-17/h3-5,8-10,13,17-18,21H,6-7,11-12,14H2,1-2H3,(H,25,27)/t17-,18+,21+/m0/s1. The number of nitrogens with zero attached hydrogens (tertiary/aromatic N) is 1. The van der Waals surface area contributed by atoms with E-state index < -0.39 is 10.0 Å². The average Bonchev–Trinajstić information content (AvgIpc) is 3.31. The van der Waals surface area contributed by atoms with Gasteiger partial charge in [0, 0.05) is 11.1 Å². The van der Waals surface area contributed by atoms with Crippen molar-refractivity contribution >= 4 is 33.2 Å². The van der Waals surface area contributed by atoms with Gasteiger partial charge in [0.15, 0.2) is 0 Å². The summed E-state index contributed by atoms with van der Waals surface area (Å²) in [6.07, 6.45) is 4.56. The molecule has 3 atom stereocenters. The van der Waals surface area contributed by atoms with E-state index in [1.807, 2.05) is 13.8 Å². The van der Waals surface area contributed by atoms with Gasteiger partial charge in [-0.05, 0) is 74.8 Å². The molecule has 0 saturated heterocycles. The van der Waals surface area contributed by atoms with E-state index in [2.05, 4.69) is 5.32 Å². The molecule has 2 aromatic carbocycles. The Morgan fingerprint density at radius 1 is 1.10 bits per heavy atom. The zero-order chi connectivity index (χ0) is 21.5. The largest absolute Gasteiger partial charge is 0.352 e. The normalized spacial score (nSPS) is 22.8. The van der Waals surface area contributed by atoms with Crippen LogP contribution in [0, 0.1) is 25.7 Å². The van der Waals surface area contributed by atoms with Crippen LogP contribution in [0.2, 0.25) is 5.02 Å². The number of benzene rings is 2. The predicted molar refractivity (Wildman–Crippen MR) is 119 cm³/mol. The molecule has 1 N–H and O–H groups in total. The summed E-state index contributed by atoms with van der Waals surface area (Å²) in [5.41, 5.74) is 2.13. The fourth-order valence-electron chi connectivity index (χ4n) is 4.79. The van der Waals surface area contributed by atoms with Crippen LogP contribution in [0.15, 0.2) is 47.4 Å². The van der Waals surface area contributed by atoms with E-state index in [0.717, 1.165) is 24.0 Å². The second-order valence-electron chi connectivity index (χ2n) is 8.60. The lowest BCUT2D eigenvalue weighted by Crippen LogP contribution is -2.46. The Bertz CT molecular complexity index is 1050. The van der Waals surface area contributed by atoms with Crippen molar-refractivity contribution in [2.24, 2.45) is 11.8 Å². The number of carbonyl (C=O) groups is 1. The number of fused-ring (bicyclic) bond motifs is 2. The Morgan fingerprint density at radius 3 is 2.47 bits per heavy atom. The summed E-state index contributed by atoms with van der Waals surface area (Å²) in [6, 6.07) is 11.9. The minimum atomic E-state index is -3.94. The Kier molecular flexibility index (Phi) is 5.82. The molecule has 7 heteroatoms. The zero-order valence-electron chi connectivity index (χ0n) is 17.3. The van der Waals surface area contributed by atoms with Gasteiger partial charge in [-0.25, -0.2) is 8.42 Å². The van der Waals surface area contributed by atoms with E-state index in [4.69, 9.17) is 11.6 Å². The second kappa shape index (κ2) is 8.23. The maximum atomic E-state index is 13.5. The lowest BCUT2D eigenvalue weighted by molar-refractivity contribution is -0.120. The fourth-order valence-corrected chi connectivity index (χ4v) is 6.44. The average molecular weight is 447 g/mol. The van der Waals surface area contributed by atoms with Gasteiger partial charge in [0.1, 0.15) is 6.54 Å². The van der Waals surface area contributed by atoms with Gasteiger partial charge in [-0.3, -0.25) is 9.10 Å². The quantitative estimate of drug-likeness (QED) is 0.712. The number of amides is 1. The molecule has 30 heavy (non-hydrogen) atoms. The van der Waals surface area contributed by atoms with E-state index >= 15 is 0 Å². The summed E-state index contributed by atoms with van der Waals surface area (Å²) in [5.74, 6) is 0.944. The maximum Gasteiger partial charge on any atom is 0.264 e. The molecule has 0 unspecified atom stereocenters.